The van der Waals surface area contributed by atoms with Gasteiger partial charge in [0.25, 0.3) is 5.91 Å². The molecule has 0 saturated heterocycles. The minimum absolute atomic E-state index is 0.334. The molecule has 0 radical (unpaired) electrons. The number of hydrogen-bond acceptors (Lipinski definition) is 7. The summed E-state index contributed by atoms with van der Waals surface area (Å²) >= 11 is 1.36. The van der Waals surface area contributed by atoms with Crippen molar-refractivity contribution in [1.82, 2.24) is 4.98 Å². The molecule has 4 rings (SSSR count). The lowest BCUT2D eigenvalue weighted by Crippen LogP contribution is -2.37. The van der Waals surface area contributed by atoms with Crippen LogP contribution in [-0.2, 0) is 16.0 Å². The average molecular weight is 424 g/mol. The average Bonchev–Trinajstić information content (AvgIpc) is 3.13. The molecule has 0 fully saturated rings. The van der Waals surface area contributed by atoms with E-state index in [0.717, 1.165) is 21.7 Å². The van der Waals surface area contributed by atoms with E-state index in [9.17, 15) is 9.59 Å². The molecular formula is C22H20N2O5S. The predicted molar refractivity (Wildman–Crippen MR) is 113 cm³/mol. The van der Waals surface area contributed by atoms with Gasteiger partial charge in [0, 0.05) is 16.9 Å². The first-order valence-electron chi connectivity index (χ1n) is 9.29. The Hall–Kier alpha value is -3.39. The number of nitrogens with zero attached hydrogens (tertiary/aromatic N) is 1. The summed E-state index contributed by atoms with van der Waals surface area (Å²) in [4.78, 5) is 30.4. The highest BCUT2D eigenvalue weighted by molar-refractivity contribution is 7.16. The molecule has 1 amide bonds. The molecule has 0 aliphatic carbocycles. The summed E-state index contributed by atoms with van der Waals surface area (Å²) < 4.78 is 16.0. The second kappa shape index (κ2) is 8.16. The summed E-state index contributed by atoms with van der Waals surface area (Å²) in [5, 5.41) is 3.22. The lowest BCUT2D eigenvalue weighted by Gasteiger charge is -2.23. The zero-order chi connectivity index (χ0) is 21.3. The fraction of sp³-hybridized carbons (Fsp3) is 0.227. The van der Waals surface area contributed by atoms with Crippen molar-refractivity contribution < 1.29 is 23.8 Å². The van der Waals surface area contributed by atoms with E-state index in [1.54, 1.807) is 26.4 Å². The third-order valence-corrected chi connectivity index (χ3v) is 5.75. The molecule has 1 aliphatic heterocycles. The maximum absolute atomic E-state index is 12.7. The van der Waals surface area contributed by atoms with Gasteiger partial charge in [-0.3, -0.25) is 10.1 Å². The zero-order valence-corrected chi connectivity index (χ0v) is 17.5. The molecule has 154 valence electrons. The van der Waals surface area contributed by atoms with Crippen LogP contribution in [0.15, 0.2) is 42.5 Å². The van der Waals surface area contributed by atoms with Crippen molar-refractivity contribution in [3.05, 3.63) is 58.5 Å². The number of hydrogen-bond donors (Lipinski definition) is 1. The van der Waals surface area contributed by atoms with E-state index in [0.29, 0.717) is 28.6 Å². The molecule has 30 heavy (non-hydrogen) atoms. The maximum Gasteiger partial charge on any atom is 0.339 e. The van der Waals surface area contributed by atoms with Gasteiger partial charge in [0.05, 0.1) is 25.5 Å². The molecule has 2 heterocycles. The van der Waals surface area contributed by atoms with Gasteiger partial charge in [-0.05, 0) is 36.8 Å². The van der Waals surface area contributed by atoms with Crippen LogP contribution in [0.3, 0.4) is 0 Å². The molecule has 3 aromatic rings. The predicted octanol–water partition coefficient (Wildman–Crippen LogP) is 3.86. The minimum Gasteiger partial charge on any atom is -0.493 e. The van der Waals surface area contributed by atoms with E-state index in [-0.39, 0.29) is 0 Å². The lowest BCUT2D eigenvalue weighted by molar-refractivity contribution is -0.125. The first kappa shape index (κ1) is 19.9. The molecule has 0 spiro atoms. The topological polar surface area (TPSA) is 86.8 Å². The molecule has 8 heteroatoms. The molecule has 0 saturated carbocycles. The second-order valence-electron chi connectivity index (χ2n) is 6.74. The third kappa shape index (κ3) is 3.73. The number of thiazole rings is 1. The van der Waals surface area contributed by atoms with Crippen LogP contribution in [0.5, 0.6) is 11.5 Å². The fourth-order valence-electron chi connectivity index (χ4n) is 3.36. The second-order valence-corrected chi connectivity index (χ2v) is 7.94. The van der Waals surface area contributed by atoms with Gasteiger partial charge in [-0.1, -0.05) is 18.2 Å². The molecule has 0 bridgehead atoms. The van der Waals surface area contributed by atoms with E-state index < -0.39 is 18.0 Å². The Morgan fingerprint density at radius 1 is 1.17 bits per heavy atom. The summed E-state index contributed by atoms with van der Waals surface area (Å²) in [5.74, 6) is 0.339. The van der Waals surface area contributed by atoms with Crippen molar-refractivity contribution >= 4 is 28.3 Å². The first-order chi connectivity index (χ1) is 14.5. The molecule has 1 aromatic heterocycles. The number of carbonyl (C=O) groups is 2. The summed E-state index contributed by atoms with van der Waals surface area (Å²) in [7, 11) is 3.15. The Kier molecular flexibility index (Phi) is 5.41. The monoisotopic (exact) mass is 424 g/mol. The number of nitrogens with one attached hydrogen (secondary N) is 1. The van der Waals surface area contributed by atoms with Crippen molar-refractivity contribution in [2.75, 3.05) is 19.5 Å². The van der Waals surface area contributed by atoms with Gasteiger partial charge < -0.3 is 14.2 Å². The van der Waals surface area contributed by atoms with Gasteiger partial charge in [0.1, 0.15) is 0 Å². The Morgan fingerprint density at radius 3 is 2.70 bits per heavy atom. The molecule has 1 aliphatic rings. The number of amides is 1. The molecular weight excluding hydrogens is 404 g/mol. The summed E-state index contributed by atoms with van der Waals surface area (Å²) in [5.41, 5.74) is 2.89. The summed E-state index contributed by atoms with van der Waals surface area (Å²) in [6.45, 7) is 1.93. The molecule has 1 unspecified atom stereocenters. The van der Waals surface area contributed by atoms with Crippen molar-refractivity contribution in [3.63, 3.8) is 0 Å². The Balaban J connectivity index is 1.53. The Bertz CT molecular complexity index is 1120. The number of aryl methyl sites for hydroxylation is 1. The van der Waals surface area contributed by atoms with Crippen LogP contribution in [0, 0.1) is 6.92 Å². The lowest BCUT2D eigenvalue weighted by atomic mass is 9.98. The number of cyclic esters (lactones) is 1. The van der Waals surface area contributed by atoms with Crippen molar-refractivity contribution in [2.24, 2.45) is 0 Å². The maximum atomic E-state index is 12.7. The highest BCUT2D eigenvalue weighted by Gasteiger charge is 2.31. The normalized spacial score (nSPS) is 15.2. The van der Waals surface area contributed by atoms with E-state index in [1.165, 1.54) is 11.3 Å². The smallest absolute Gasteiger partial charge is 0.339 e. The quantitative estimate of drug-likeness (QED) is 0.626. The fourth-order valence-corrected chi connectivity index (χ4v) is 4.20. The van der Waals surface area contributed by atoms with Crippen molar-refractivity contribution in [2.45, 2.75) is 19.4 Å². The minimum atomic E-state index is -0.888. The van der Waals surface area contributed by atoms with Gasteiger partial charge in [0.15, 0.2) is 22.7 Å². The summed E-state index contributed by atoms with van der Waals surface area (Å²) in [6, 6.07) is 12.7. The third-order valence-electron chi connectivity index (χ3n) is 4.87. The van der Waals surface area contributed by atoms with Crippen LogP contribution < -0.4 is 14.8 Å². The van der Waals surface area contributed by atoms with Crippen molar-refractivity contribution in [3.8, 4) is 22.8 Å². The SMILES string of the molecule is COc1ccc(-c2nc(NC(=O)C3Cc4ccccc4C(=O)O3)sc2C)cc1OC. The van der Waals surface area contributed by atoms with Gasteiger partial charge in [0.2, 0.25) is 0 Å². The van der Waals surface area contributed by atoms with Crippen LogP contribution in [0.25, 0.3) is 11.3 Å². The largest absolute Gasteiger partial charge is 0.493 e. The van der Waals surface area contributed by atoms with Gasteiger partial charge in [-0.15, -0.1) is 11.3 Å². The highest BCUT2D eigenvalue weighted by Crippen LogP contribution is 2.36. The van der Waals surface area contributed by atoms with E-state index in [2.05, 4.69) is 10.3 Å². The number of methoxy groups -OCH3 is 2. The standard InChI is InChI=1S/C22H20N2O5S/c1-12-19(14-8-9-16(27-2)17(11-14)28-3)23-22(30-12)24-20(25)18-10-13-6-4-5-7-15(13)21(26)29-18/h4-9,11,18H,10H2,1-3H3,(H,23,24,25). The van der Waals surface area contributed by atoms with E-state index in [4.69, 9.17) is 14.2 Å². The van der Waals surface area contributed by atoms with Crippen LogP contribution in [0.1, 0.15) is 20.8 Å². The van der Waals surface area contributed by atoms with Gasteiger partial charge >= 0.3 is 5.97 Å². The van der Waals surface area contributed by atoms with Crippen molar-refractivity contribution in [1.29, 1.82) is 0 Å². The molecule has 1 atom stereocenters. The van der Waals surface area contributed by atoms with E-state index in [1.807, 2.05) is 37.3 Å². The molecule has 7 nitrogen and oxygen atoms in total. The van der Waals surface area contributed by atoms with Gasteiger partial charge in [-0.2, -0.15) is 0 Å². The van der Waals surface area contributed by atoms with Crippen LogP contribution in [0.2, 0.25) is 0 Å². The number of benzene rings is 2. The number of carbonyl (C=O) groups excluding carboxylic acids is 2. The molecule has 1 N–H and O–H groups in total. The number of aromatic nitrogens is 1. The van der Waals surface area contributed by atoms with E-state index >= 15 is 0 Å². The zero-order valence-electron chi connectivity index (χ0n) is 16.7. The van der Waals surface area contributed by atoms with Crippen LogP contribution in [-0.4, -0.2) is 37.2 Å². The number of ether oxygens (including phenoxy) is 3. The number of anilines is 1. The van der Waals surface area contributed by atoms with Crippen LogP contribution in [0.4, 0.5) is 5.13 Å². The number of rotatable bonds is 5. The highest BCUT2D eigenvalue weighted by atomic mass is 32.1. The Labute approximate surface area is 177 Å². The van der Waals surface area contributed by atoms with Crippen LogP contribution >= 0.6 is 11.3 Å². The molecule has 2 aromatic carbocycles. The first-order valence-corrected chi connectivity index (χ1v) is 10.1. The summed E-state index contributed by atoms with van der Waals surface area (Å²) in [6.07, 6.45) is -0.554. The number of fused-ring (bicyclic) bond motifs is 1. The van der Waals surface area contributed by atoms with Gasteiger partial charge in [-0.25, -0.2) is 9.78 Å². The number of esters is 1. The Morgan fingerprint density at radius 2 is 1.93 bits per heavy atom.